The number of rotatable bonds is 2. The molecule has 2 aromatic rings. The first-order valence-electron chi connectivity index (χ1n) is 4.94. The Morgan fingerprint density at radius 3 is 2.27 bits per heavy atom. The van der Waals surface area contributed by atoms with Crippen LogP contribution >= 0.6 is 0 Å². The molecule has 15 heavy (non-hydrogen) atoms. The standard InChI is InChI=1S/C13H13NO/c1-9(15)12-7-10-5-3-4-6-11(10)8-13(12)14-2/h3-8,14H,1-2H3. The van der Waals surface area contributed by atoms with Crippen molar-refractivity contribution in [1.29, 1.82) is 0 Å². The first-order valence-corrected chi connectivity index (χ1v) is 4.94. The maximum absolute atomic E-state index is 11.4. The van der Waals surface area contributed by atoms with Crippen molar-refractivity contribution in [2.75, 3.05) is 12.4 Å². The summed E-state index contributed by atoms with van der Waals surface area (Å²) in [5.74, 6) is 0.0881. The van der Waals surface area contributed by atoms with Gasteiger partial charge in [-0.1, -0.05) is 24.3 Å². The van der Waals surface area contributed by atoms with E-state index in [4.69, 9.17) is 0 Å². The Kier molecular flexibility index (Phi) is 2.42. The minimum absolute atomic E-state index is 0.0881. The van der Waals surface area contributed by atoms with E-state index >= 15 is 0 Å². The third-order valence-electron chi connectivity index (χ3n) is 2.53. The van der Waals surface area contributed by atoms with Crippen molar-refractivity contribution in [3.05, 3.63) is 42.0 Å². The molecular formula is C13H13NO. The van der Waals surface area contributed by atoms with E-state index in [0.29, 0.717) is 0 Å². The maximum Gasteiger partial charge on any atom is 0.161 e. The number of hydrogen-bond donors (Lipinski definition) is 1. The van der Waals surface area contributed by atoms with Gasteiger partial charge in [-0.25, -0.2) is 0 Å². The van der Waals surface area contributed by atoms with Gasteiger partial charge in [0.15, 0.2) is 5.78 Å². The molecule has 0 aliphatic carbocycles. The van der Waals surface area contributed by atoms with Crippen LogP contribution in [0.5, 0.6) is 0 Å². The number of fused-ring (bicyclic) bond motifs is 1. The van der Waals surface area contributed by atoms with Crippen molar-refractivity contribution < 1.29 is 4.79 Å². The second-order valence-corrected chi connectivity index (χ2v) is 3.55. The minimum Gasteiger partial charge on any atom is -0.388 e. The summed E-state index contributed by atoms with van der Waals surface area (Å²) < 4.78 is 0. The third-order valence-corrected chi connectivity index (χ3v) is 2.53. The average Bonchev–Trinajstić information content (AvgIpc) is 2.27. The van der Waals surface area contributed by atoms with Crippen LogP contribution in [0.4, 0.5) is 5.69 Å². The van der Waals surface area contributed by atoms with Gasteiger partial charge in [0.1, 0.15) is 0 Å². The zero-order chi connectivity index (χ0) is 10.8. The van der Waals surface area contributed by atoms with E-state index in [2.05, 4.69) is 5.32 Å². The minimum atomic E-state index is 0.0881. The number of anilines is 1. The van der Waals surface area contributed by atoms with E-state index in [-0.39, 0.29) is 5.78 Å². The van der Waals surface area contributed by atoms with Gasteiger partial charge in [-0.15, -0.1) is 0 Å². The zero-order valence-corrected chi connectivity index (χ0v) is 8.87. The Hall–Kier alpha value is -1.83. The van der Waals surface area contributed by atoms with E-state index in [1.54, 1.807) is 6.92 Å². The lowest BCUT2D eigenvalue weighted by Crippen LogP contribution is -2.00. The number of carbonyl (C=O) groups excluding carboxylic acids is 1. The molecule has 0 bridgehead atoms. The highest BCUT2D eigenvalue weighted by Gasteiger charge is 2.07. The second kappa shape index (κ2) is 3.73. The van der Waals surface area contributed by atoms with Gasteiger partial charge in [-0.2, -0.15) is 0 Å². The quantitative estimate of drug-likeness (QED) is 0.753. The summed E-state index contributed by atoms with van der Waals surface area (Å²) in [7, 11) is 1.83. The number of benzene rings is 2. The molecule has 2 nitrogen and oxygen atoms in total. The predicted octanol–water partition coefficient (Wildman–Crippen LogP) is 3.08. The topological polar surface area (TPSA) is 29.1 Å². The van der Waals surface area contributed by atoms with Crippen LogP contribution < -0.4 is 5.32 Å². The summed E-state index contributed by atoms with van der Waals surface area (Å²) in [6, 6.07) is 12.0. The number of hydrogen-bond acceptors (Lipinski definition) is 2. The van der Waals surface area contributed by atoms with Crippen LogP contribution in [0.2, 0.25) is 0 Å². The van der Waals surface area contributed by atoms with Crippen LogP contribution in [0.1, 0.15) is 17.3 Å². The lowest BCUT2D eigenvalue weighted by Gasteiger charge is -2.08. The molecule has 0 amide bonds. The molecule has 0 aromatic heterocycles. The monoisotopic (exact) mass is 199 g/mol. The third kappa shape index (κ3) is 1.71. The second-order valence-electron chi connectivity index (χ2n) is 3.55. The SMILES string of the molecule is CNc1cc2ccccc2cc1C(C)=O. The molecule has 0 aliphatic heterocycles. The highest BCUT2D eigenvalue weighted by Crippen LogP contribution is 2.24. The summed E-state index contributed by atoms with van der Waals surface area (Å²) in [4.78, 5) is 11.4. The van der Waals surface area contributed by atoms with Gasteiger partial charge in [0.2, 0.25) is 0 Å². The van der Waals surface area contributed by atoms with Gasteiger partial charge in [0, 0.05) is 18.3 Å². The summed E-state index contributed by atoms with van der Waals surface area (Å²) in [6.07, 6.45) is 0. The van der Waals surface area contributed by atoms with Gasteiger partial charge in [0.05, 0.1) is 0 Å². The van der Waals surface area contributed by atoms with Gasteiger partial charge in [0.25, 0.3) is 0 Å². The van der Waals surface area contributed by atoms with Crippen LogP contribution in [0.25, 0.3) is 10.8 Å². The van der Waals surface area contributed by atoms with Crippen LogP contribution in [0, 0.1) is 0 Å². The largest absolute Gasteiger partial charge is 0.388 e. The van der Waals surface area contributed by atoms with E-state index in [1.165, 1.54) is 0 Å². The molecule has 1 N–H and O–H groups in total. The van der Waals surface area contributed by atoms with Gasteiger partial charge in [-0.05, 0) is 29.8 Å². The maximum atomic E-state index is 11.4. The molecule has 0 aliphatic rings. The molecule has 0 atom stereocenters. The van der Waals surface area contributed by atoms with Crippen molar-refractivity contribution in [3.63, 3.8) is 0 Å². The highest BCUT2D eigenvalue weighted by atomic mass is 16.1. The fourth-order valence-corrected chi connectivity index (χ4v) is 1.74. The van der Waals surface area contributed by atoms with Crippen LogP contribution in [-0.4, -0.2) is 12.8 Å². The van der Waals surface area contributed by atoms with E-state index in [9.17, 15) is 4.79 Å². The molecular weight excluding hydrogens is 186 g/mol. The predicted molar refractivity (Wildman–Crippen MR) is 63.5 cm³/mol. The Morgan fingerprint density at radius 1 is 1.13 bits per heavy atom. The first-order chi connectivity index (χ1) is 7.22. The Balaban J connectivity index is 2.74. The highest BCUT2D eigenvalue weighted by molar-refractivity contribution is 6.04. The molecule has 76 valence electrons. The smallest absolute Gasteiger partial charge is 0.161 e. The fourth-order valence-electron chi connectivity index (χ4n) is 1.74. The van der Waals surface area contributed by atoms with Crippen LogP contribution in [0.15, 0.2) is 36.4 Å². The van der Waals surface area contributed by atoms with Crippen LogP contribution in [-0.2, 0) is 0 Å². The Bertz CT molecular complexity index is 517. The molecule has 0 unspecified atom stereocenters. The Labute approximate surface area is 88.9 Å². The summed E-state index contributed by atoms with van der Waals surface area (Å²) in [5.41, 5.74) is 1.64. The lowest BCUT2D eigenvalue weighted by atomic mass is 10.0. The van der Waals surface area contributed by atoms with E-state index in [1.807, 2.05) is 43.4 Å². The van der Waals surface area contributed by atoms with E-state index in [0.717, 1.165) is 22.0 Å². The van der Waals surface area contributed by atoms with Crippen LogP contribution in [0.3, 0.4) is 0 Å². The normalized spacial score (nSPS) is 10.3. The number of ketones is 1. The molecule has 2 rings (SSSR count). The van der Waals surface area contributed by atoms with E-state index < -0.39 is 0 Å². The first kappa shape index (κ1) is 9.71. The number of nitrogens with one attached hydrogen (secondary N) is 1. The number of carbonyl (C=O) groups is 1. The molecule has 2 heteroatoms. The molecule has 0 spiro atoms. The molecule has 0 fully saturated rings. The molecule has 2 aromatic carbocycles. The van der Waals surface area contributed by atoms with Crippen molar-refractivity contribution in [1.82, 2.24) is 0 Å². The van der Waals surface area contributed by atoms with Crippen molar-refractivity contribution in [2.24, 2.45) is 0 Å². The summed E-state index contributed by atoms with van der Waals surface area (Å²) in [6.45, 7) is 1.59. The molecule has 0 radical (unpaired) electrons. The zero-order valence-electron chi connectivity index (χ0n) is 8.87. The number of Topliss-reactive ketones (excluding diaryl/α,β-unsaturated/α-hetero) is 1. The lowest BCUT2D eigenvalue weighted by molar-refractivity contribution is 0.101. The fraction of sp³-hybridized carbons (Fsp3) is 0.154. The molecule has 0 saturated heterocycles. The van der Waals surface area contributed by atoms with Gasteiger partial charge in [-0.3, -0.25) is 4.79 Å². The van der Waals surface area contributed by atoms with Crippen molar-refractivity contribution in [2.45, 2.75) is 6.92 Å². The van der Waals surface area contributed by atoms with Crippen molar-refractivity contribution in [3.8, 4) is 0 Å². The van der Waals surface area contributed by atoms with Gasteiger partial charge < -0.3 is 5.32 Å². The average molecular weight is 199 g/mol. The summed E-state index contributed by atoms with van der Waals surface area (Å²) >= 11 is 0. The molecule has 0 heterocycles. The Morgan fingerprint density at radius 2 is 1.73 bits per heavy atom. The summed E-state index contributed by atoms with van der Waals surface area (Å²) in [5, 5.41) is 5.29. The van der Waals surface area contributed by atoms with Crippen molar-refractivity contribution >= 4 is 22.2 Å². The van der Waals surface area contributed by atoms with Gasteiger partial charge >= 0.3 is 0 Å². The molecule has 0 saturated carbocycles.